The van der Waals surface area contributed by atoms with Crippen LogP contribution in [-0.2, 0) is 17.8 Å². The van der Waals surface area contributed by atoms with E-state index in [1.54, 1.807) is 11.3 Å². The SMILES string of the molecule is O=C(CCCc1nc(-c2cccs2)no1)NC1CCN(Cc2ccc(F)cc2)CC1. The second kappa shape index (κ2) is 9.95. The average Bonchev–Trinajstić information content (AvgIpc) is 3.43. The van der Waals surface area contributed by atoms with E-state index in [0.717, 1.165) is 42.9 Å². The zero-order valence-electron chi connectivity index (χ0n) is 16.7. The summed E-state index contributed by atoms with van der Waals surface area (Å²) in [5.74, 6) is 1.05. The maximum atomic E-state index is 13.0. The van der Waals surface area contributed by atoms with Crippen molar-refractivity contribution in [3.63, 3.8) is 0 Å². The monoisotopic (exact) mass is 428 g/mol. The molecule has 0 atom stereocenters. The molecule has 3 aromatic rings. The summed E-state index contributed by atoms with van der Waals surface area (Å²) in [7, 11) is 0. The predicted octanol–water partition coefficient (Wildman–Crippen LogP) is 4.04. The van der Waals surface area contributed by atoms with Gasteiger partial charge < -0.3 is 9.84 Å². The number of amides is 1. The molecular formula is C22H25FN4O2S. The molecule has 1 aliphatic rings. The Labute approximate surface area is 179 Å². The number of nitrogens with zero attached hydrogens (tertiary/aromatic N) is 3. The summed E-state index contributed by atoms with van der Waals surface area (Å²) in [4.78, 5) is 20.0. The molecule has 1 N–H and O–H groups in total. The molecule has 3 heterocycles. The summed E-state index contributed by atoms with van der Waals surface area (Å²) in [6.07, 6.45) is 3.59. The van der Waals surface area contributed by atoms with Gasteiger partial charge in [0.15, 0.2) is 0 Å². The number of benzene rings is 1. The molecule has 1 aromatic carbocycles. The third-order valence-corrected chi connectivity index (χ3v) is 6.14. The summed E-state index contributed by atoms with van der Waals surface area (Å²) >= 11 is 1.57. The lowest BCUT2D eigenvalue weighted by atomic mass is 10.0. The third kappa shape index (κ3) is 5.73. The largest absolute Gasteiger partial charge is 0.353 e. The summed E-state index contributed by atoms with van der Waals surface area (Å²) in [5, 5.41) is 9.11. The number of halogens is 1. The fourth-order valence-electron chi connectivity index (χ4n) is 3.65. The number of rotatable bonds is 8. The van der Waals surface area contributed by atoms with Crippen LogP contribution in [0, 0.1) is 5.82 Å². The zero-order valence-corrected chi connectivity index (χ0v) is 17.5. The topological polar surface area (TPSA) is 71.3 Å². The first-order chi connectivity index (χ1) is 14.7. The van der Waals surface area contributed by atoms with Crippen LogP contribution in [-0.4, -0.2) is 40.1 Å². The Balaban J connectivity index is 1.13. The number of aryl methyl sites for hydroxylation is 1. The quantitative estimate of drug-likeness (QED) is 0.586. The Kier molecular flexibility index (Phi) is 6.86. The Hall–Kier alpha value is -2.58. The van der Waals surface area contributed by atoms with E-state index < -0.39 is 0 Å². The molecule has 30 heavy (non-hydrogen) atoms. The van der Waals surface area contributed by atoms with Gasteiger partial charge in [-0.05, 0) is 48.4 Å². The van der Waals surface area contributed by atoms with E-state index in [-0.39, 0.29) is 17.8 Å². The lowest BCUT2D eigenvalue weighted by Gasteiger charge is -2.32. The fourth-order valence-corrected chi connectivity index (χ4v) is 4.29. The molecule has 0 saturated carbocycles. The second-order valence-corrected chi connectivity index (χ2v) is 8.53. The number of thiophene rings is 1. The number of aromatic nitrogens is 2. The Bertz CT molecular complexity index is 934. The van der Waals surface area contributed by atoms with Gasteiger partial charge in [-0.3, -0.25) is 9.69 Å². The van der Waals surface area contributed by atoms with Crippen molar-refractivity contribution in [2.75, 3.05) is 13.1 Å². The molecule has 0 aliphatic carbocycles. The minimum absolute atomic E-state index is 0.0741. The molecule has 1 aliphatic heterocycles. The van der Waals surface area contributed by atoms with Gasteiger partial charge in [-0.15, -0.1) is 11.3 Å². The van der Waals surface area contributed by atoms with Crippen LogP contribution < -0.4 is 5.32 Å². The van der Waals surface area contributed by atoms with Gasteiger partial charge in [0.1, 0.15) is 5.82 Å². The van der Waals surface area contributed by atoms with E-state index >= 15 is 0 Å². The van der Waals surface area contributed by atoms with E-state index in [1.807, 2.05) is 29.6 Å². The highest BCUT2D eigenvalue weighted by Gasteiger charge is 2.20. The number of hydrogen-bond acceptors (Lipinski definition) is 6. The van der Waals surface area contributed by atoms with Crippen molar-refractivity contribution in [3.05, 3.63) is 59.0 Å². The first-order valence-electron chi connectivity index (χ1n) is 10.3. The van der Waals surface area contributed by atoms with Crippen molar-refractivity contribution in [2.24, 2.45) is 0 Å². The standard InChI is InChI=1S/C22H25FN4O2S/c23-17-8-6-16(7-9-17)15-27-12-10-18(11-13-27)24-20(28)4-1-5-21-25-22(26-29-21)19-3-2-14-30-19/h2-3,6-9,14,18H,1,4-5,10-13,15H2,(H,24,28). The fraction of sp³-hybridized carbons (Fsp3) is 0.409. The molecule has 1 amide bonds. The molecule has 1 fully saturated rings. The third-order valence-electron chi connectivity index (χ3n) is 5.28. The molecule has 0 radical (unpaired) electrons. The molecule has 2 aromatic heterocycles. The summed E-state index contributed by atoms with van der Waals surface area (Å²) in [5.41, 5.74) is 1.11. The van der Waals surface area contributed by atoms with Crippen LogP contribution >= 0.6 is 11.3 Å². The van der Waals surface area contributed by atoms with Gasteiger partial charge in [-0.25, -0.2) is 4.39 Å². The molecule has 158 valence electrons. The zero-order chi connectivity index (χ0) is 20.8. The van der Waals surface area contributed by atoms with Crippen LogP contribution in [0.5, 0.6) is 0 Å². The van der Waals surface area contributed by atoms with Crippen LogP contribution in [0.2, 0.25) is 0 Å². The van der Waals surface area contributed by atoms with E-state index in [0.29, 0.717) is 31.0 Å². The first kappa shape index (κ1) is 20.7. The van der Waals surface area contributed by atoms with Gasteiger partial charge in [0.05, 0.1) is 4.88 Å². The highest BCUT2D eigenvalue weighted by atomic mass is 32.1. The van der Waals surface area contributed by atoms with Crippen molar-refractivity contribution in [2.45, 2.75) is 44.7 Å². The highest BCUT2D eigenvalue weighted by molar-refractivity contribution is 7.13. The summed E-state index contributed by atoms with van der Waals surface area (Å²) < 4.78 is 18.3. The second-order valence-electron chi connectivity index (χ2n) is 7.59. The van der Waals surface area contributed by atoms with Gasteiger partial charge in [0, 0.05) is 38.5 Å². The van der Waals surface area contributed by atoms with Gasteiger partial charge in [-0.1, -0.05) is 23.4 Å². The first-order valence-corrected chi connectivity index (χ1v) is 11.2. The Morgan fingerprint density at radius 1 is 1.23 bits per heavy atom. The van der Waals surface area contributed by atoms with Crippen molar-refractivity contribution < 1.29 is 13.7 Å². The number of piperidine rings is 1. The predicted molar refractivity (Wildman–Crippen MR) is 113 cm³/mol. The van der Waals surface area contributed by atoms with Gasteiger partial charge in [0.2, 0.25) is 17.6 Å². The molecule has 1 saturated heterocycles. The molecule has 0 spiro atoms. The lowest BCUT2D eigenvalue weighted by molar-refractivity contribution is -0.122. The van der Waals surface area contributed by atoms with Gasteiger partial charge in [-0.2, -0.15) is 4.98 Å². The molecule has 0 bridgehead atoms. The molecule has 6 nitrogen and oxygen atoms in total. The number of nitrogens with one attached hydrogen (secondary N) is 1. The van der Waals surface area contributed by atoms with Crippen LogP contribution in [0.3, 0.4) is 0 Å². The minimum atomic E-state index is -0.206. The maximum Gasteiger partial charge on any atom is 0.226 e. The van der Waals surface area contributed by atoms with Crippen LogP contribution in [0.1, 0.15) is 37.1 Å². The number of hydrogen-bond donors (Lipinski definition) is 1. The van der Waals surface area contributed by atoms with E-state index in [4.69, 9.17) is 4.52 Å². The van der Waals surface area contributed by atoms with Gasteiger partial charge >= 0.3 is 0 Å². The van der Waals surface area contributed by atoms with Crippen molar-refractivity contribution in [3.8, 4) is 10.7 Å². The Morgan fingerprint density at radius 2 is 2.03 bits per heavy atom. The summed E-state index contributed by atoms with van der Waals surface area (Å²) in [6, 6.07) is 10.8. The maximum absolute atomic E-state index is 13.0. The van der Waals surface area contributed by atoms with Crippen LogP contribution in [0.25, 0.3) is 10.7 Å². The van der Waals surface area contributed by atoms with Crippen molar-refractivity contribution in [1.29, 1.82) is 0 Å². The van der Waals surface area contributed by atoms with E-state index in [2.05, 4.69) is 20.4 Å². The molecule has 0 unspecified atom stereocenters. The van der Waals surface area contributed by atoms with E-state index in [1.165, 1.54) is 12.1 Å². The smallest absolute Gasteiger partial charge is 0.226 e. The lowest BCUT2D eigenvalue weighted by Crippen LogP contribution is -2.44. The number of carbonyl (C=O) groups excluding carboxylic acids is 1. The highest BCUT2D eigenvalue weighted by Crippen LogP contribution is 2.21. The van der Waals surface area contributed by atoms with Crippen molar-refractivity contribution in [1.82, 2.24) is 20.4 Å². The van der Waals surface area contributed by atoms with Crippen LogP contribution in [0.15, 0.2) is 46.3 Å². The minimum Gasteiger partial charge on any atom is -0.353 e. The molecule has 4 rings (SSSR count). The average molecular weight is 429 g/mol. The molecule has 8 heteroatoms. The molecular weight excluding hydrogens is 403 g/mol. The van der Waals surface area contributed by atoms with Gasteiger partial charge in [0.25, 0.3) is 0 Å². The van der Waals surface area contributed by atoms with E-state index in [9.17, 15) is 9.18 Å². The number of likely N-dealkylation sites (tertiary alicyclic amines) is 1. The van der Waals surface area contributed by atoms with Crippen molar-refractivity contribution >= 4 is 17.2 Å². The normalized spacial score (nSPS) is 15.4. The number of carbonyl (C=O) groups is 1. The Morgan fingerprint density at radius 3 is 2.77 bits per heavy atom. The van der Waals surface area contributed by atoms with Crippen LogP contribution in [0.4, 0.5) is 4.39 Å². The summed E-state index contributed by atoms with van der Waals surface area (Å²) in [6.45, 7) is 2.67.